The molecule has 2 heteroatoms. The summed E-state index contributed by atoms with van der Waals surface area (Å²) in [6.07, 6.45) is 6.61. The van der Waals surface area contributed by atoms with Gasteiger partial charge in [-0.2, -0.15) is 0 Å². The van der Waals surface area contributed by atoms with Crippen LogP contribution in [-0.4, -0.2) is 19.3 Å². The molecule has 3 rings (SSSR count). The lowest BCUT2D eigenvalue weighted by atomic mass is 9.96. The van der Waals surface area contributed by atoms with Crippen molar-refractivity contribution in [2.45, 2.75) is 51.2 Å². The van der Waals surface area contributed by atoms with Crippen molar-refractivity contribution in [1.29, 1.82) is 0 Å². The molecular formula is C16H23NO. The third-order valence-electron chi connectivity index (χ3n) is 4.24. The van der Waals surface area contributed by atoms with E-state index in [9.17, 15) is 0 Å². The van der Waals surface area contributed by atoms with Crippen LogP contribution in [0.2, 0.25) is 0 Å². The molecule has 2 atom stereocenters. The van der Waals surface area contributed by atoms with Crippen LogP contribution in [-0.2, 0) is 17.6 Å². The standard InChI is InChI=1S/C16H23NO/c1-2-17-16(15-7-4-10-18-15)14-9-8-12-5-3-6-13(12)11-14/h8-9,11,15-17H,2-7,10H2,1H3. The number of nitrogens with one attached hydrogen (secondary N) is 1. The van der Waals surface area contributed by atoms with Crippen molar-refractivity contribution >= 4 is 0 Å². The molecule has 2 nitrogen and oxygen atoms in total. The van der Waals surface area contributed by atoms with Crippen LogP contribution in [0.1, 0.15) is 48.9 Å². The molecule has 1 aromatic carbocycles. The number of fused-ring (bicyclic) bond motifs is 1. The molecule has 0 bridgehead atoms. The van der Waals surface area contributed by atoms with Crippen LogP contribution < -0.4 is 5.32 Å². The van der Waals surface area contributed by atoms with Gasteiger partial charge in [0.15, 0.2) is 0 Å². The minimum absolute atomic E-state index is 0.365. The third kappa shape index (κ3) is 2.32. The number of aryl methyl sites for hydroxylation is 2. The molecule has 18 heavy (non-hydrogen) atoms. The molecule has 1 aliphatic carbocycles. The number of hydrogen-bond acceptors (Lipinski definition) is 2. The van der Waals surface area contributed by atoms with Crippen LogP contribution >= 0.6 is 0 Å². The number of likely N-dealkylation sites (N-methyl/N-ethyl adjacent to an activating group) is 1. The van der Waals surface area contributed by atoms with Gasteiger partial charge in [0.05, 0.1) is 12.1 Å². The lowest BCUT2D eigenvalue weighted by Gasteiger charge is -2.24. The summed E-state index contributed by atoms with van der Waals surface area (Å²) in [5.74, 6) is 0. The Morgan fingerprint density at radius 3 is 2.94 bits per heavy atom. The average molecular weight is 245 g/mol. The van der Waals surface area contributed by atoms with Crippen LogP contribution in [0.4, 0.5) is 0 Å². The van der Waals surface area contributed by atoms with Crippen molar-refractivity contribution in [3.63, 3.8) is 0 Å². The normalized spacial score (nSPS) is 24.2. The van der Waals surface area contributed by atoms with E-state index in [0.717, 1.165) is 13.2 Å². The molecule has 1 N–H and O–H groups in total. The molecule has 1 aliphatic heterocycles. The summed E-state index contributed by atoms with van der Waals surface area (Å²) < 4.78 is 5.88. The van der Waals surface area contributed by atoms with Gasteiger partial charge in [-0.05, 0) is 55.3 Å². The second kappa shape index (κ2) is 5.41. The van der Waals surface area contributed by atoms with Crippen molar-refractivity contribution in [1.82, 2.24) is 5.32 Å². The summed E-state index contributed by atoms with van der Waals surface area (Å²) in [4.78, 5) is 0. The van der Waals surface area contributed by atoms with Gasteiger partial charge in [-0.15, -0.1) is 0 Å². The minimum atomic E-state index is 0.365. The van der Waals surface area contributed by atoms with E-state index < -0.39 is 0 Å². The molecule has 2 unspecified atom stereocenters. The second-order valence-electron chi connectivity index (χ2n) is 5.47. The predicted octanol–water partition coefficient (Wildman–Crippen LogP) is 3.00. The van der Waals surface area contributed by atoms with Crippen LogP contribution in [0.3, 0.4) is 0 Å². The molecule has 0 spiro atoms. The van der Waals surface area contributed by atoms with Crippen molar-refractivity contribution in [2.24, 2.45) is 0 Å². The van der Waals surface area contributed by atoms with Gasteiger partial charge in [-0.1, -0.05) is 25.1 Å². The van der Waals surface area contributed by atoms with E-state index >= 15 is 0 Å². The van der Waals surface area contributed by atoms with Gasteiger partial charge in [0, 0.05) is 6.61 Å². The fourth-order valence-corrected chi connectivity index (χ4v) is 3.33. The number of ether oxygens (including phenoxy) is 1. The Morgan fingerprint density at radius 1 is 1.28 bits per heavy atom. The summed E-state index contributed by atoms with van der Waals surface area (Å²) in [7, 11) is 0. The Labute approximate surface area is 110 Å². The van der Waals surface area contributed by atoms with Gasteiger partial charge in [0.1, 0.15) is 0 Å². The fourth-order valence-electron chi connectivity index (χ4n) is 3.33. The van der Waals surface area contributed by atoms with Gasteiger partial charge in [-0.25, -0.2) is 0 Å². The van der Waals surface area contributed by atoms with Gasteiger partial charge >= 0.3 is 0 Å². The summed E-state index contributed by atoms with van der Waals surface area (Å²) in [5.41, 5.74) is 4.54. The maximum atomic E-state index is 5.88. The van der Waals surface area contributed by atoms with Crippen molar-refractivity contribution in [2.75, 3.05) is 13.2 Å². The van der Waals surface area contributed by atoms with Gasteiger partial charge in [-0.3, -0.25) is 0 Å². The molecule has 1 fully saturated rings. The number of hydrogen-bond donors (Lipinski definition) is 1. The van der Waals surface area contributed by atoms with E-state index in [1.807, 2.05) is 0 Å². The first-order valence-electron chi connectivity index (χ1n) is 7.35. The fraction of sp³-hybridized carbons (Fsp3) is 0.625. The highest BCUT2D eigenvalue weighted by molar-refractivity contribution is 5.37. The van der Waals surface area contributed by atoms with Crippen molar-refractivity contribution < 1.29 is 4.74 Å². The lowest BCUT2D eigenvalue weighted by molar-refractivity contribution is 0.0788. The summed E-state index contributed by atoms with van der Waals surface area (Å²) in [6.45, 7) is 4.11. The quantitative estimate of drug-likeness (QED) is 0.880. The Hall–Kier alpha value is -0.860. The summed E-state index contributed by atoms with van der Waals surface area (Å²) in [6, 6.07) is 7.43. The van der Waals surface area contributed by atoms with Gasteiger partial charge in [0.25, 0.3) is 0 Å². The first kappa shape index (κ1) is 12.2. The smallest absolute Gasteiger partial charge is 0.0770 e. The van der Waals surface area contributed by atoms with Crippen LogP contribution in [0, 0.1) is 0 Å². The monoisotopic (exact) mass is 245 g/mol. The molecule has 2 aliphatic rings. The van der Waals surface area contributed by atoms with Gasteiger partial charge in [0.2, 0.25) is 0 Å². The molecule has 98 valence electrons. The van der Waals surface area contributed by atoms with Crippen molar-refractivity contribution in [3.8, 4) is 0 Å². The molecule has 1 saturated heterocycles. The maximum absolute atomic E-state index is 5.88. The van der Waals surface area contributed by atoms with E-state index in [2.05, 4.69) is 30.4 Å². The zero-order valence-corrected chi connectivity index (χ0v) is 11.2. The molecule has 0 radical (unpaired) electrons. The lowest BCUT2D eigenvalue weighted by Crippen LogP contribution is -2.31. The van der Waals surface area contributed by atoms with Crippen LogP contribution in [0.25, 0.3) is 0 Å². The molecule has 1 aromatic rings. The predicted molar refractivity (Wildman–Crippen MR) is 73.9 cm³/mol. The molecule has 0 aromatic heterocycles. The zero-order valence-electron chi connectivity index (χ0n) is 11.2. The van der Waals surface area contributed by atoms with E-state index in [1.54, 1.807) is 11.1 Å². The zero-order chi connectivity index (χ0) is 12.4. The maximum Gasteiger partial charge on any atom is 0.0770 e. The highest BCUT2D eigenvalue weighted by Gasteiger charge is 2.27. The Morgan fingerprint density at radius 2 is 2.17 bits per heavy atom. The minimum Gasteiger partial charge on any atom is -0.376 e. The molecule has 0 saturated carbocycles. The first-order chi connectivity index (χ1) is 8.88. The Balaban J connectivity index is 1.84. The SMILES string of the molecule is CCNC(c1ccc2c(c1)CCC2)C1CCCO1. The summed E-state index contributed by atoms with van der Waals surface area (Å²) in [5, 5.41) is 3.61. The highest BCUT2D eigenvalue weighted by atomic mass is 16.5. The molecular weight excluding hydrogens is 222 g/mol. The number of rotatable bonds is 4. The Kier molecular flexibility index (Phi) is 3.67. The highest BCUT2D eigenvalue weighted by Crippen LogP contribution is 2.30. The van der Waals surface area contributed by atoms with E-state index in [-0.39, 0.29) is 0 Å². The first-order valence-corrected chi connectivity index (χ1v) is 7.35. The number of benzene rings is 1. The largest absolute Gasteiger partial charge is 0.376 e. The van der Waals surface area contributed by atoms with Crippen LogP contribution in [0.5, 0.6) is 0 Å². The molecule has 1 heterocycles. The van der Waals surface area contributed by atoms with Crippen LogP contribution in [0.15, 0.2) is 18.2 Å². The molecule has 0 amide bonds. The van der Waals surface area contributed by atoms with Crippen molar-refractivity contribution in [3.05, 3.63) is 34.9 Å². The van der Waals surface area contributed by atoms with E-state index in [0.29, 0.717) is 12.1 Å². The second-order valence-corrected chi connectivity index (χ2v) is 5.47. The Bertz CT molecular complexity index is 410. The van der Waals surface area contributed by atoms with E-state index in [1.165, 1.54) is 37.7 Å². The van der Waals surface area contributed by atoms with E-state index in [4.69, 9.17) is 4.74 Å². The third-order valence-corrected chi connectivity index (χ3v) is 4.24. The topological polar surface area (TPSA) is 21.3 Å². The summed E-state index contributed by atoms with van der Waals surface area (Å²) >= 11 is 0. The average Bonchev–Trinajstić information content (AvgIpc) is 3.05. The van der Waals surface area contributed by atoms with Gasteiger partial charge < -0.3 is 10.1 Å².